The molecule has 0 spiro atoms. The fraction of sp³-hybridized carbons (Fsp3) is 0.250. The van der Waals surface area contributed by atoms with Crippen molar-refractivity contribution in [3.05, 3.63) is 42.4 Å². The molecule has 0 aliphatic carbocycles. The predicted molar refractivity (Wildman–Crippen MR) is 81.5 cm³/mol. The molecule has 0 unspecified atom stereocenters. The van der Waals surface area contributed by atoms with Crippen LogP contribution in [0.25, 0.3) is 22.8 Å². The average molecular weight is 332 g/mol. The molecule has 124 valence electrons. The van der Waals surface area contributed by atoms with Gasteiger partial charge in [-0.05, 0) is 24.1 Å². The Kier molecular flexibility index (Phi) is 4.45. The normalized spacial score (nSPS) is 11.2. The molecule has 3 aromatic heterocycles. The third kappa shape index (κ3) is 3.53. The summed E-state index contributed by atoms with van der Waals surface area (Å²) in [5.41, 5.74) is 2.10. The summed E-state index contributed by atoms with van der Waals surface area (Å²) in [4.78, 5) is 12.3. The summed E-state index contributed by atoms with van der Waals surface area (Å²) in [6.45, 7) is 1.16. The molecular formula is C16H14F2N4O2. The molecule has 6 nitrogen and oxygen atoms in total. The minimum atomic E-state index is -2.95. The Balaban J connectivity index is 1.85. The molecule has 0 bridgehead atoms. The smallest absolute Gasteiger partial charge is 0.388 e. The van der Waals surface area contributed by atoms with E-state index in [1.165, 1.54) is 12.3 Å². The van der Waals surface area contributed by atoms with Crippen molar-refractivity contribution in [3.63, 3.8) is 0 Å². The minimum absolute atomic E-state index is 0.180. The van der Waals surface area contributed by atoms with Gasteiger partial charge in [-0.2, -0.15) is 13.8 Å². The fourth-order valence-corrected chi connectivity index (χ4v) is 2.04. The van der Waals surface area contributed by atoms with Crippen molar-refractivity contribution in [2.45, 2.75) is 26.4 Å². The van der Waals surface area contributed by atoms with Gasteiger partial charge in [0, 0.05) is 35.3 Å². The summed E-state index contributed by atoms with van der Waals surface area (Å²) < 4.78 is 33.9. The highest BCUT2D eigenvalue weighted by atomic mass is 19.3. The Morgan fingerprint density at radius 1 is 1.08 bits per heavy atom. The van der Waals surface area contributed by atoms with Gasteiger partial charge in [0.1, 0.15) is 0 Å². The zero-order chi connectivity index (χ0) is 17.1. The Bertz CT molecular complexity index is 819. The van der Waals surface area contributed by atoms with Crippen LogP contribution in [0.15, 0.2) is 41.2 Å². The first-order chi connectivity index (χ1) is 11.5. The predicted octanol–water partition coefficient (Wildman–Crippen LogP) is 3.92. The summed E-state index contributed by atoms with van der Waals surface area (Å²) in [6.07, 6.45) is 3.00. The van der Waals surface area contributed by atoms with Gasteiger partial charge in [-0.15, -0.1) is 0 Å². The molecule has 3 aromatic rings. The van der Waals surface area contributed by atoms with E-state index in [-0.39, 0.29) is 11.8 Å². The van der Waals surface area contributed by atoms with Crippen LogP contribution in [0.5, 0.6) is 5.88 Å². The fourth-order valence-electron chi connectivity index (χ4n) is 2.04. The van der Waals surface area contributed by atoms with E-state index in [9.17, 15) is 8.78 Å². The molecule has 8 heteroatoms. The molecule has 0 aliphatic heterocycles. The van der Waals surface area contributed by atoms with Gasteiger partial charge in [0.25, 0.3) is 5.89 Å². The van der Waals surface area contributed by atoms with Crippen molar-refractivity contribution >= 4 is 0 Å². The maximum Gasteiger partial charge on any atom is 0.388 e. The van der Waals surface area contributed by atoms with E-state index in [0.29, 0.717) is 22.9 Å². The molecule has 0 N–H and O–H groups in total. The van der Waals surface area contributed by atoms with Gasteiger partial charge >= 0.3 is 6.61 Å². The van der Waals surface area contributed by atoms with Crippen LogP contribution in [0.2, 0.25) is 0 Å². The van der Waals surface area contributed by atoms with E-state index in [2.05, 4.69) is 38.7 Å². The van der Waals surface area contributed by atoms with Crippen LogP contribution in [0.1, 0.15) is 25.5 Å². The van der Waals surface area contributed by atoms with E-state index in [4.69, 9.17) is 4.52 Å². The Morgan fingerprint density at radius 3 is 2.58 bits per heavy atom. The second-order valence-electron chi connectivity index (χ2n) is 5.31. The number of halogens is 2. The molecule has 0 aliphatic rings. The lowest BCUT2D eigenvalue weighted by Crippen LogP contribution is -2.03. The van der Waals surface area contributed by atoms with Crippen LogP contribution < -0.4 is 4.74 Å². The summed E-state index contributed by atoms with van der Waals surface area (Å²) in [5, 5.41) is 3.89. The average Bonchev–Trinajstić information content (AvgIpc) is 3.04. The number of alkyl halides is 2. The summed E-state index contributed by atoms with van der Waals surface area (Å²) in [6, 6.07) is 6.63. The molecule has 0 aromatic carbocycles. The number of rotatable bonds is 5. The van der Waals surface area contributed by atoms with Gasteiger partial charge in [-0.25, -0.2) is 4.98 Å². The van der Waals surface area contributed by atoms with Crippen LogP contribution in [0.3, 0.4) is 0 Å². The van der Waals surface area contributed by atoms with Crippen molar-refractivity contribution in [1.29, 1.82) is 0 Å². The molecule has 0 fully saturated rings. The summed E-state index contributed by atoms with van der Waals surface area (Å²) in [7, 11) is 0. The molecule has 0 saturated carbocycles. The van der Waals surface area contributed by atoms with Crippen LogP contribution in [0.4, 0.5) is 8.78 Å². The zero-order valence-electron chi connectivity index (χ0n) is 13.0. The van der Waals surface area contributed by atoms with E-state index in [1.807, 2.05) is 12.1 Å². The molecular weight excluding hydrogens is 318 g/mol. The number of pyridine rings is 2. The minimum Gasteiger partial charge on any atom is -0.417 e. The van der Waals surface area contributed by atoms with Crippen LogP contribution in [-0.4, -0.2) is 26.7 Å². The topological polar surface area (TPSA) is 73.9 Å². The number of nitrogens with zero attached hydrogens (tertiary/aromatic N) is 4. The molecule has 24 heavy (non-hydrogen) atoms. The Morgan fingerprint density at radius 2 is 1.92 bits per heavy atom. The first-order valence-corrected chi connectivity index (χ1v) is 7.24. The highest BCUT2D eigenvalue weighted by Crippen LogP contribution is 2.25. The van der Waals surface area contributed by atoms with E-state index in [1.54, 1.807) is 12.3 Å². The third-order valence-electron chi connectivity index (χ3n) is 3.25. The van der Waals surface area contributed by atoms with E-state index in [0.717, 1.165) is 5.69 Å². The van der Waals surface area contributed by atoms with Gasteiger partial charge in [0.05, 0.1) is 0 Å². The number of hydrogen-bond acceptors (Lipinski definition) is 6. The largest absolute Gasteiger partial charge is 0.417 e. The lowest BCUT2D eigenvalue weighted by molar-refractivity contribution is -0.0528. The van der Waals surface area contributed by atoms with Crippen LogP contribution in [0, 0.1) is 0 Å². The van der Waals surface area contributed by atoms with Gasteiger partial charge in [0.2, 0.25) is 11.7 Å². The number of ether oxygens (including phenoxy) is 1. The van der Waals surface area contributed by atoms with Crippen molar-refractivity contribution < 1.29 is 18.0 Å². The number of aromatic nitrogens is 4. The molecule has 0 amide bonds. The first-order valence-electron chi connectivity index (χ1n) is 7.24. The first kappa shape index (κ1) is 16.0. The van der Waals surface area contributed by atoms with Crippen molar-refractivity contribution in [1.82, 2.24) is 20.1 Å². The second kappa shape index (κ2) is 6.69. The summed E-state index contributed by atoms with van der Waals surface area (Å²) >= 11 is 0. The van der Waals surface area contributed by atoms with Gasteiger partial charge in [-0.1, -0.05) is 19.0 Å². The molecule has 0 atom stereocenters. The summed E-state index contributed by atoms with van der Waals surface area (Å²) in [5.74, 6) is 0.649. The Labute approximate surface area is 136 Å². The maximum absolute atomic E-state index is 12.2. The van der Waals surface area contributed by atoms with Crippen molar-refractivity contribution in [3.8, 4) is 28.7 Å². The lowest BCUT2D eigenvalue weighted by Gasteiger charge is -2.03. The Hall–Kier alpha value is -2.90. The van der Waals surface area contributed by atoms with E-state index < -0.39 is 6.61 Å². The van der Waals surface area contributed by atoms with Crippen LogP contribution in [-0.2, 0) is 0 Å². The monoisotopic (exact) mass is 332 g/mol. The highest BCUT2D eigenvalue weighted by molar-refractivity contribution is 5.59. The second-order valence-corrected chi connectivity index (χ2v) is 5.31. The van der Waals surface area contributed by atoms with Gasteiger partial charge in [-0.3, -0.25) is 4.98 Å². The van der Waals surface area contributed by atoms with E-state index >= 15 is 0 Å². The molecule has 3 rings (SSSR count). The standard InChI is InChI=1S/C16H14F2N4O2/c1-9(2)12-4-3-11(8-20-12)14-21-15(24-22-14)10-5-6-19-13(7-10)23-16(17)18/h3-9,16H,1-2H3. The molecule has 0 saturated heterocycles. The van der Waals surface area contributed by atoms with Gasteiger partial charge in [0.15, 0.2) is 0 Å². The van der Waals surface area contributed by atoms with Crippen molar-refractivity contribution in [2.75, 3.05) is 0 Å². The molecule has 3 heterocycles. The van der Waals surface area contributed by atoms with Crippen LogP contribution >= 0.6 is 0 Å². The van der Waals surface area contributed by atoms with Crippen molar-refractivity contribution in [2.24, 2.45) is 0 Å². The third-order valence-corrected chi connectivity index (χ3v) is 3.25. The lowest BCUT2D eigenvalue weighted by atomic mass is 10.1. The highest BCUT2D eigenvalue weighted by Gasteiger charge is 2.14. The zero-order valence-corrected chi connectivity index (χ0v) is 13.0. The molecule has 0 radical (unpaired) electrons. The number of hydrogen-bond donors (Lipinski definition) is 0. The van der Waals surface area contributed by atoms with Gasteiger partial charge < -0.3 is 9.26 Å². The quantitative estimate of drug-likeness (QED) is 0.705. The SMILES string of the molecule is CC(C)c1ccc(-c2noc(-c3ccnc(OC(F)F)c3)n2)cn1. The maximum atomic E-state index is 12.2.